The van der Waals surface area contributed by atoms with Gasteiger partial charge in [0, 0.05) is 12.7 Å². The molecule has 0 fully saturated rings. The lowest BCUT2D eigenvalue weighted by atomic mass is 10.0. The second-order valence-corrected chi connectivity index (χ2v) is 5.77. The van der Waals surface area contributed by atoms with Gasteiger partial charge in [-0.1, -0.05) is 30.3 Å². The molecule has 0 radical (unpaired) electrons. The summed E-state index contributed by atoms with van der Waals surface area (Å²) in [5.74, 6) is 0.591. The molecule has 2 aromatic carbocycles. The number of carbonyl (C=O) groups excluding carboxylic acids is 1. The second kappa shape index (κ2) is 8.36. The highest BCUT2D eigenvalue weighted by atomic mass is 16.5. The van der Waals surface area contributed by atoms with Crippen LogP contribution >= 0.6 is 0 Å². The molecule has 2 rings (SSSR count). The number of ether oxygens (including phenoxy) is 1. The number of likely N-dealkylation sites (N-methyl/N-ethyl adjacent to an activating group) is 1. The molecule has 1 amide bonds. The summed E-state index contributed by atoms with van der Waals surface area (Å²) in [6, 6.07) is 16.5. The van der Waals surface area contributed by atoms with E-state index in [0.717, 1.165) is 17.0 Å². The first-order valence-corrected chi connectivity index (χ1v) is 7.89. The summed E-state index contributed by atoms with van der Waals surface area (Å²) in [6.07, 6.45) is -0.776. The molecular formula is C19H24N2O3. The highest BCUT2D eigenvalue weighted by Crippen LogP contribution is 2.20. The molecular weight excluding hydrogens is 304 g/mol. The minimum Gasteiger partial charge on any atom is -0.497 e. The summed E-state index contributed by atoms with van der Waals surface area (Å²) in [6.45, 7) is 2.01. The van der Waals surface area contributed by atoms with E-state index < -0.39 is 12.1 Å². The number of nitrogens with one attached hydrogen (secondary N) is 1. The minimum absolute atomic E-state index is 0.138. The van der Waals surface area contributed by atoms with Crippen molar-refractivity contribution in [2.24, 2.45) is 0 Å². The largest absolute Gasteiger partial charge is 0.497 e. The predicted octanol–water partition coefficient (Wildman–Crippen LogP) is 2.37. The van der Waals surface area contributed by atoms with Crippen molar-refractivity contribution in [2.45, 2.75) is 19.1 Å². The van der Waals surface area contributed by atoms with Crippen LogP contribution in [0.15, 0.2) is 54.6 Å². The molecule has 2 N–H and O–H groups in total. The van der Waals surface area contributed by atoms with Crippen LogP contribution in [0.2, 0.25) is 0 Å². The van der Waals surface area contributed by atoms with Crippen molar-refractivity contribution in [1.29, 1.82) is 0 Å². The van der Waals surface area contributed by atoms with Crippen LogP contribution in [0.4, 0.5) is 5.69 Å². The highest BCUT2D eigenvalue weighted by molar-refractivity contribution is 5.81. The number of aliphatic hydroxyl groups is 1. The number of carbonyl (C=O) groups is 1. The number of hydrogen-bond acceptors (Lipinski definition) is 4. The first kappa shape index (κ1) is 17.8. The first-order valence-electron chi connectivity index (χ1n) is 7.89. The molecule has 24 heavy (non-hydrogen) atoms. The van der Waals surface area contributed by atoms with E-state index in [4.69, 9.17) is 4.74 Å². The molecule has 0 aliphatic heterocycles. The number of methoxy groups -OCH3 is 1. The van der Waals surface area contributed by atoms with Crippen molar-refractivity contribution < 1.29 is 14.6 Å². The van der Waals surface area contributed by atoms with E-state index in [2.05, 4.69) is 5.32 Å². The maximum absolute atomic E-state index is 12.2. The zero-order valence-corrected chi connectivity index (χ0v) is 14.3. The Balaban J connectivity index is 1.90. The van der Waals surface area contributed by atoms with Gasteiger partial charge in [0.2, 0.25) is 5.91 Å². The van der Waals surface area contributed by atoms with E-state index in [1.807, 2.05) is 42.3 Å². The van der Waals surface area contributed by atoms with E-state index in [1.54, 1.807) is 38.3 Å². The zero-order chi connectivity index (χ0) is 17.5. The molecule has 2 atom stereocenters. The lowest BCUT2D eigenvalue weighted by molar-refractivity contribution is -0.121. The molecule has 5 nitrogen and oxygen atoms in total. The molecule has 0 aliphatic carbocycles. The van der Waals surface area contributed by atoms with Gasteiger partial charge >= 0.3 is 0 Å². The lowest BCUT2D eigenvalue weighted by Gasteiger charge is -2.23. The van der Waals surface area contributed by atoms with Gasteiger partial charge in [0.05, 0.1) is 25.8 Å². The Bertz CT molecular complexity index is 643. The van der Waals surface area contributed by atoms with Crippen LogP contribution in [0.1, 0.15) is 18.6 Å². The van der Waals surface area contributed by atoms with Gasteiger partial charge in [-0.2, -0.15) is 0 Å². The van der Waals surface area contributed by atoms with Crippen molar-refractivity contribution in [3.63, 3.8) is 0 Å². The number of hydrogen-bond donors (Lipinski definition) is 2. The molecule has 0 aliphatic rings. The van der Waals surface area contributed by atoms with E-state index >= 15 is 0 Å². The van der Waals surface area contributed by atoms with Gasteiger partial charge in [-0.15, -0.1) is 0 Å². The maximum Gasteiger partial charge on any atom is 0.239 e. The van der Waals surface area contributed by atoms with E-state index in [0.29, 0.717) is 0 Å². The van der Waals surface area contributed by atoms with Crippen molar-refractivity contribution in [1.82, 2.24) is 5.32 Å². The number of para-hydroxylation sites is 1. The van der Waals surface area contributed by atoms with Crippen LogP contribution in [0.5, 0.6) is 5.75 Å². The van der Waals surface area contributed by atoms with Gasteiger partial charge in [0.25, 0.3) is 0 Å². The summed E-state index contributed by atoms with van der Waals surface area (Å²) in [4.78, 5) is 14.1. The average Bonchev–Trinajstić information content (AvgIpc) is 2.61. The summed E-state index contributed by atoms with van der Waals surface area (Å²) < 4.78 is 5.10. The van der Waals surface area contributed by atoms with E-state index in [1.165, 1.54) is 0 Å². The topological polar surface area (TPSA) is 61.8 Å². The van der Waals surface area contributed by atoms with E-state index in [9.17, 15) is 9.90 Å². The summed E-state index contributed by atoms with van der Waals surface area (Å²) in [7, 11) is 3.46. The van der Waals surface area contributed by atoms with Gasteiger partial charge in [0.15, 0.2) is 0 Å². The van der Waals surface area contributed by atoms with Crippen LogP contribution < -0.4 is 15.0 Å². The van der Waals surface area contributed by atoms with Crippen LogP contribution in [-0.4, -0.2) is 37.8 Å². The SMILES string of the molecule is COc1ccc(C(O)C(C)NC(=O)CN(C)c2ccccc2)cc1. The minimum atomic E-state index is -0.776. The summed E-state index contributed by atoms with van der Waals surface area (Å²) in [5.41, 5.74) is 1.70. The Hall–Kier alpha value is -2.53. The number of anilines is 1. The molecule has 5 heteroatoms. The fraction of sp³-hybridized carbons (Fsp3) is 0.316. The zero-order valence-electron chi connectivity index (χ0n) is 14.3. The molecule has 0 spiro atoms. The Labute approximate surface area is 142 Å². The van der Waals surface area contributed by atoms with Gasteiger partial charge < -0.3 is 20.1 Å². The molecule has 0 heterocycles. The van der Waals surface area contributed by atoms with Crippen LogP contribution in [0, 0.1) is 0 Å². The number of aliphatic hydroxyl groups excluding tert-OH is 1. The molecule has 128 valence electrons. The van der Waals surface area contributed by atoms with Crippen LogP contribution in [-0.2, 0) is 4.79 Å². The first-order chi connectivity index (χ1) is 11.5. The molecule has 2 aromatic rings. The Kier molecular flexibility index (Phi) is 6.21. The fourth-order valence-electron chi connectivity index (χ4n) is 2.46. The molecule has 0 bridgehead atoms. The third-order valence-corrected chi connectivity index (χ3v) is 3.90. The number of nitrogens with zero attached hydrogens (tertiary/aromatic N) is 1. The third kappa shape index (κ3) is 4.73. The molecule has 0 aromatic heterocycles. The van der Waals surface area contributed by atoms with Crippen molar-refractivity contribution >= 4 is 11.6 Å². The summed E-state index contributed by atoms with van der Waals surface area (Å²) in [5, 5.41) is 13.2. The highest BCUT2D eigenvalue weighted by Gasteiger charge is 2.19. The summed E-state index contributed by atoms with van der Waals surface area (Å²) >= 11 is 0. The van der Waals surface area contributed by atoms with Crippen LogP contribution in [0.25, 0.3) is 0 Å². The standard InChI is InChI=1S/C19H24N2O3/c1-14(19(23)15-9-11-17(24-3)12-10-15)20-18(22)13-21(2)16-7-5-4-6-8-16/h4-12,14,19,23H,13H2,1-3H3,(H,20,22). The Morgan fingerprint density at radius 2 is 1.79 bits per heavy atom. The number of amides is 1. The van der Waals surface area contributed by atoms with Gasteiger partial charge in [-0.05, 0) is 36.8 Å². The van der Waals surface area contributed by atoms with Crippen molar-refractivity contribution in [3.05, 3.63) is 60.2 Å². The predicted molar refractivity (Wildman–Crippen MR) is 95.3 cm³/mol. The Morgan fingerprint density at radius 3 is 2.38 bits per heavy atom. The van der Waals surface area contributed by atoms with Gasteiger partial charge in [-0.25, -0.2) is 0 Å². The third-order valence-electron chi connectivity index (χ3n) is 3.90. The normalized spacial score (nSPS) is 13.0. The monoisotopic (exact) mass is 328 g/mol. The fourth-order valence-corrected chi connectivity index (χ4v) is 2.46. The molecule has 2 unspecified atom stereocenters. The second-order valence-electron chi connectivity index (χ2n) is 5.77. The van der Waals surface area contributed by atoms with Crippen molar-refractivity contribution in [2.75, 3.05) is 25.6 Å². The van der Waals surface area contributed by atoms with Gasteiger partial charge in [-0.3, -0.25) is 4.79 Å². The number of benzene rings is 2. The lowest BCUT2D eigenvalue weighted by Crippen LogP contribution is -2.42. The maximum atomic E-state index is 12.2. The van der Waals surface area contributed by atoms with Crippen LogP contribution in [0.3, 0.4) is 0 Å². The number of rotatable bonds is 7. The molecule has 0 saturated carbocycles. The van der Waals surface area contributed by atoms with Gasteiger partial charge in [0.1, 0.15) is 5.75 Å². The quantitative estimate of drug-likeness (QED) is 0.819. The molecule has 0 saturated heterocycles. The Morgan fingerprint density at radius 1 is 1.17 bits per heavy atom. The van der Waals surface area contributed by atoms with E-state index in [-0.39, 0.29) is 12.5 Å². The van der Waals surface area contributed by atoms with Crippen molar-refractivity contribution in [3.8, 4) is 5.75 Å². The average molecular weight is 328 g/mol. The smallest absolute Gasteiger partial charge is 0.239 e.